The molecule has 2 fully saturated rings. The molecule has 1 aromatic rings. The number of hydrogen-bond acceptors (Lipinski definition) is 3. The van der Waals surface area contributed by atoms with Crippen LogP contribution < -0.4 is 0 Å². The van der Waals surface area contributed by atoms with Gasteiger partial charge in [-0.05, 0) is 43.7 Å². The maximum Gasteiger partial charge on any atom is 0.255 e. The number of hydrogen-bond donors (Lipinski definition) is 0. The second-order valence-corrected chi connectivity index (χ2v) is 8.49. The number of piperidine rings is 2. The molecule has 1 spiro atoms. The monoisotopic (exact) mass is 367 g/mol. The van der Waals surface area contributed by atoms with Crippen LogP contribution in [0.3, 0.4) is 0 Å². The molecular weight excluding hydrogens is 338 g/mol. The molecule has 2 aliphatic rings. The predicted octanol–water partition coefficient (Wildman–Crippen LogP) is 3.45. The number of amides is 2. The lowest BCUT2D eigenvalue weighted by atomic mass is 9.73. The number of carbonyl (C=O) groups is 2. The zero-order valence-corrected chi connectivity index (χ0v) is 16.4. The summed E-state index contributed by atoms with van der Waals surface area (Å²) in [4.78, 5) is 29.3. The van der Waals surface area contributed by atoms with Gasteiger partial charge in [-0.25, -0.2) is 0 Å². The second-order valence-electron chi connectivity index (χ2n) is 8.49. The van der Waals surface area contributed by atoms with Crippen molar-refractivity contribution >= 4 is 11.8 Å². The highest BCUT2D eigenvalue weighted by Gasteiger charge is 2.42. The number of rotatable bonds is 4. The highest BCUT2D eigenvalue weighted by Crippen LogP contribution is 2.39. The Bertz CT molecular complexity index is 752. The van der Waals surface area contributed by atoms with Crippen LogP contribution in [-0.2, 0) is 4.79 Å². The molecule has 1 aromatic carbocycles. The van der Waals surface area contributed by atoms with Crippen molar-refractivity contribution in [3.8, 4) is 6.07 Å². The minimum Gasteiger partial charge on any atom is -0.342 e. The Morgan fingerprint density at radius 3 is 2.78 bits per heavy atom. The van der Waals surface area contributed by atoms with E-state index in [2.05, 4.69) is 19.9 Å². The number of benzene rings is 1. The van der Waals surface area contributed by atoms with Crippen molar-refractivity contribution in [2.24, 2.45) is 11.3 Å². The lowest BCUT2D eigenvalue weighted by Crippen LogP contribution is -2.55. The summed E-state index contributed by atoms with van der Waals surface area (Å²) in [7, 11) is 0. The molecule has 0 bridgehead atoms. The molecule has 1 atom stereocenters. The molecule has 2 saturated heterocycles. The molecule has 2 amide bonds. The van der Waals surface area contributed by atoms with Crippen LogP contribution in [0.2, 0.25) is 0 Å². The fourth-order valence-electron chi connectivity index (χ4n) is 4.37. The van der Waals surface area contributed by atoms with Crippen molar-refractivity contribution in [3.05, 3.63) is 35.4 Å². The molecule has 0 unspecified atom stereocenters. The van der Waals surface area contributed by atoms with Crippen LogP contribution in [0.25, 0.3) is 0 Å². The first-order valence-corrected chi connectivity index (χ1v) is 10.0. The summed E-state index contributed by atoms with van der Waals surface area (Å²) >= 11 is 0. The third-order valence-electron chi connectivity index (χ3n) is 5.95. The van der Waals surface area contributed by atoms with Gasteiger partial charge in [-0.15, -0.1) is 0 Å². The van der Waals surface area contributed by atoms with Gasteiger partial charge in [0.25, 0.3) is 5.91 Å². The lowest BCUT2D eigenvalue weighted by Gasteiger charge is -2.48. The van der Waals surface area contributed by atoms with Crippen molar-refractivity contribution < 1.29 is 9.59 Å². The molecule has 3 rings (SSSR count). The van der Waals surface area contributed by atoms with E-state index in [1.165, 1.54) is 0 Å². The fraction of sp³-hybridized carbons (Fsp3) is 0.591. The Balaban J connectivity index is 1.74. The largest absolute Gasteiger partial charge is 0.342 e. The van der Waals surface area contributed by atoms with Crippen LogP contribution in [0.5, 0.6) is 0 Å². The van der Waals surface area contributed by atoms with E-state index in [0.717, 1.165) is 45.3 Å². The summed E-state index contributed by atoms with van der Waals surface area (Å²) in [6.07, 6.45) is 4.46. The van der Waals surface area contributed by atoms with Gasteiger partial charge >= 0.3 is 0 Å². The molecule has 0 aliphatic carbocycles. The summed E-state index contributed by atoms with van der Waals surface area (Å²) < 4.78 is 0. The highest BCUT2D eigenvalue weighted by molar-refractivity contribution is 5.96. The molecule has 2 heterocycles. The standard InChI is InChI=1S/C22H29N3O2/c1-17(2)9-13-24-15-22(11-8-20(24)26)10-5-12-25(16-22)21(27)19-7-4-3-6-18(19)14-23/h3-4,6-7,17H,5,8-13,15-16H2,1-2H3/t22-/m1/s1. The van der Waals surface area contributed by atoms with Crippen LogP contribution in [0.1, 0.15) is 61.9 Å². The van der Waals surface area contributed by atoms with Gasteiger partial charge in [0.2, 0.25) is 5.91 Å². The summed E-state index contributed by atoms with van der Waals surface area (Å²) in [6.45, 7) is 7.32. The van der Waals surface area contributed by atoms with Crippen molar-refractivity contribution in [1.29, 1.82) is 5.26 Å². The van der Waals surface area contributed by atoms with Gasteiger partial charge < -0.3 is 9.80 Å². The normalized spacial score (nSPS) is 23.0. The summed E-state index contributed by atoms with van der Waals surface area (Å²) in [5.74, 6) is 0.763. The van der Waals surface area contributed by atoms with Crippen LogP contribution >= 0.6 is 0 Å². The van der Waals surface area contributed by atoms with Gasteiger partial charge in [-0.3, -0.25) is 9.59 Å². The molecule has 0 aromatic heterocycles. The molecule has 27 heavy (non-hydrogen) atoms. The number of carbonyl (C=O) groups excluding carboxylic acids is 2. The van der Waals surface area contributed by atoms with E-state index in [1.54, 1.807) is 24.3 Å². The number of nitrogens with zero attached hydrogens (tertiary/aromatic N) is 3. The summed E-state index contributed by atoms with van der Waals surface area (Å²) in [6, 6.07) is 9.15. The smallest absolute Gasteiger partial charge is 0.255 e. The van der Waals surface area contributed by atoms with E-state index in [1.807, 2.05) is 9.80 Å². The van der Waals surface area contributed by atoms with Crippen molar-refractivity contribution in [3.63, 3.8) is 0 Å². The van der Waals surface area contributed by atoms with E-state index < -0.39 is 0 Å². The van der Waals surface area contributed by atoms with E-state index in [0.29, 0.717) is 30.0 Å². The molecule has 2 aliphatic heterocycles. The first kappa shape index (κ1) is 19.4. The SMILES string of the molecule is CC(C)CCN1C[C@@]2(CCCN(C(=O)c3ccccc3C#N)C2)CCC1=O. The average molecular weight is 367 g/mol. The van der Waals surface area contributed by atoms with Crippen LogP contribution in [0.15, 0.2) is 24.3 Å². The molecular formula is C22H29N3O2. The van der Waals surface area contributed by atoms with E-state index in [9.17, 15) is 14.9 Å². The Morgan fingerprint density at radius 1 is 1.26 bits per heavy atom. The van der Waals surface area contributed by atoms with E-state index in [-0.39, 0.29) is 17.2 Å². The Labute approximate surface area is 161 Å². The average Bonchev–Trinajstić information content (AvgIpc) is 2.68. The topological polar surface area (TPSA) is 64.4 Å². The Kier molecular flexibility index (Phi) is 5.84. The molecule has 144 valence electrons. The maximum atomic E-state index is 13.1. The zero-order valence-electron chi connectivity index (χ0n) is 16.4. The van der Waals surface area contributed by atoms with Crippen molar-refractivity contribution in [2.75, 3.05) is 26.2 Å². The highest BCUT2D eigenvalue weighted by atomic mass is 16.2. The zero-order chi connectivity index (χ0) is 19.4. The number of nitriles is 1. The van der Waals surface area contributed by atoms with Gasteiger partial charge in [0, 0.05) is 38.0 Å². The fourth-order valence-corrected chi connectivity index (χ4v) is 4.37. The lowest BCUT2D eigenvalue weighted by molar-refractivity contribution is -0.139. The van der Waals surface area contributed by atoms with Gasteiger partial charge in [0.05, 0.1) is 17.2 Å². The molecule has 5 heteroatoms. The third-order valence-corrected chi connectivity index (χ3v) is 5.95. The first-order chi connectivity index (χ1) is 12.9. The van der Waals surface area contributed by atoms with Crippen LogP contribution in [-0.4, -0.2) is 47.8 Å². The van der Waals surface area contributed by atoms with Crippen molar-refractivity contribution in [2.45, 2.75) is 46.0 Å². The van der Waals surface area contributed by atoms with Gasteiger partial charge in [0.15, 0.2) is 0 Å². The Hall–Kier alpha value is -2.35. The first-order valence-electron chi connectivity index (χ1n) is 10.0. The molecule has 0 saturated carbocycles. The summed E-state index contributed by atoms with van der Waals surface area (Å²) in [5, 5.41) is 9.31. The minimum atomic E-state index is -0.0585. The van der Waals surface area contributed by atoms with E-state index >= 15 is 0 Å². The van der Waals surface area contributed by atoms with E-state index in [4.69, 9.17) is 0 Å². The summed E-state index contributed by atoms with van der Waals surface area (Å²) in [5.41, 5.74) is 0.917. The van der Waals surface area contributed by atoms with Crippen LogP contribution in [0.4, 0.5) is 0 Å². The third kappa shape index (κ3) is 4.32. The predicted molar refractivity (Wildman–Crippen MR) is 104 cm³/mol. The Morgan fingerprint density at radius 2 is 2.04 bits per heavy atom. The molecule has 5 nitrogen and oxygen atoms in total. The van der Waals surface area contributed by atoms with Crippen molar-refractivity contribution in [1.82, 2.24) is 9.80 Å². The quantitative estimate of drug-likeness (QED) is 0.819. The van der Waals surface area contributed by atoms with Crippen LogP contribution in [0, 0.1) is 22.7 Å². The maximum absolute atomic E-state index is 13.1. The van der Waals surface area contributed by atoms with Gasteiger partial charge in [0.1, 0.15) is 0 Å². The van der Waals surface area contributed by atoms with Gasteiger partial charge in [-0.2, -0.15) is 5.26 Å². The molecule has 0 N–H and O–H groups in total. The van der Waals surface area contributed by atoms with Gasteiger partial charge in [-0.1, -0.05) is 26.0 Å². The second kappa shape index (κ2) is 8.12. The minimum absolute atomic E-state index is 0.000383. The number of likely N-dealkylation sites (tertiary alicyclic amines) is 2. The molecule has 0 radical (unpaired) electrons.